The Kier molecular flexibility index (Phi) is 4.16. The molecule has 4 aromatic rings. The van der Waals surface area contributed by atoms with Crippen LogP contribution in [0.15, 0.2) is 57.7 Å². The standard InChI is InChI=1S/C20H15FN2O3S/c1-11-9-17(27-18(11)12-3-5-13(21)6-4-12)19(24)22-14-7-8-15-16(10-14)26-20(25)23(15)2/h3-10H,1-2H3,(H,22,24). The summed E-state index contributed by atoms with van der Waals surface area (Å²) >= 11 is 1.34. The van der Waals surface area contributed by atoms with Crippen LogP contribution in [0.2, 0.25) is 0 Å². The summed E-state index contributed by atoms with van der Waals surface area (Å²) in [5, 5.41) is 2.82. The zero-order chi connectivity index (χ0) is 19.1. The molecule has 0 fully saturated rings. The van der Waals surface area contributed by atoms with Crippen LogP contribution in [-0.2, 0) is 7.05 Å². The summed E-state index contributed by atoms with van der Waals surface area (Å²) in [4.78, 5) is 25.7. The van der Waals surface area contributed by atoms with Crippen LogP contribution < -0.4 is 11.1 Å². The fourth-order valence-corrected chi connectivity index (χ4v) is 3.96. The molecule has 2 aromatic heterocycles. The van der Waals surface area contributed by atoms with Gasteiger partial charge in [0, 0.05) is 23.7 Å². The smallest absolute Gasteiger partial charge is 0.408 e. The lowest BCUT2D eigenvalue weighted by Gasteiger charge is -2.03. The fraction of sp³-hybridized carbons (Fsp3) is 0.100. The lowest BCUT2D eigenvalue weighted by Crippen LogP contribution is -2.10. The number of oxazole rings is 1. The highest BCUT2D eigenvalue weighted by molar-refractivity contribution is 7.17. The van der Waals surface area contributed by atoms with Gasteiger partial charge in [0.15, 0.2) is 5.58 Å². The first kappa shape index (κ1) is 17.2. The number of amides is 1. The molecule has 1 amide bonds. The summed E-state index contributed by atoms with van der Waals surface area (Å²) in [6.07, 6.45) is 0. The molecule has 2 heterocycles. The first-order valence-corrected chi connectivity index (χ1v) is 9.01. The van der Waals surface area contributed by atoms with Crippen LogP contribution in [0, 0.1) is 12.7 Å². The number of fused-ring (bicyclic) bond motifs is 1. The van der Waals surface area contributed by atoms with Crippen molar-refractivity contribution in [2.45, 2.75) is 6.92 Å². The molecule has 5 nitrogen and oxygen atoms in total. The van der Waals surface area contributed by atoms with Gasteiger partial charge in [-0.25, -0.2) is 9.18 Å². The first-order valence-electron chi connectivity index (χ1n) is 8.19. The maximum absolute atomic E-state index is 13.1. The van der Waals surface area contributed by atoms with Gasteiger partial charge in [-0.15, -0.1) is 11.3 Å². The van der Waals surface area contributed by atoms with Crippen molar-refractivity contribution in [3.63, 3.8) is 0 Å². The summed E-state index contributed by atoms with van der Waals surface area (Å²) in [5.74, 6) is -1.01. The van der Waals surface area contributed by atoms with Gasteiger partial charge in [0.25, 0.3) is 5.91 Å². The summed E-state index contributed by atoms with van der Waals surface area (Å²) in [6.45, 7) is 1.91. The number of carbonyl (C=O) groups excluding carboxylic acids is 1. The van der Waals surface area contributed by atoms with Crippen LogP contribution in [0.25, 0.3) is 21.5 Å². The van der Waals surface area contributed by atoms with Gasteiger partial charge in [0.05, 0.1) is 10.4 Å². The Morgan fingerprint density at radius 1 is 1.15 bits per heavy atom. The second-order valence-corrected chi connectivity index (χ2v) is 7.25. The Balaban J connectivity index is 1.61. The molecule has 1 N–H and O–H groups in total. The molecule has 2 aromatic carbocycles. The topological polar surface area (TPSA) is 64.2 Å². The molecule has 136 valence electrons. The van der Waals surface area contributed by atoms with E-state index in [-0.39, 0.29) is 11.7 Å². The van der Waals surface area contributed by atoms with Crippen LogP contribution in [0.5, 0.6) is 0 Å². The summed E-state index contributed by atoms with van der Waals surface area (Å²) in [7, 11) is 1.62. The van der Waals surface area contributed by atoms with Crippen molar-refractivity contribution in [2.75, 3.05) is 5.32 Å². The van der Waals surface area contributed by atoms with E-state index >= 15 is 0 Å². The van der Waals surface area contributed by atoms with Crippen molar-refractivity contribution in [1.29, 1.82) is 0 Å². The maximum Gasteiger partial charge on any atom is 0.419 e. The fourth-order valence-electron chi connectivity index (χ4n) is 2.89. The predicted molar refractivity (Wildman–Crippen MR) is 104 cm³/mol. The second kappa shape index (κ2) is 6.51. The SMILES string of the molecule is Cc1cc(C(=O)Nc2ccc3c(c2)oc(=O)n3C)sc1-c1ccc(F)cc1. The molecular formula is C20H15FN2O3S. The predicted octanol–water partition coefficient (Wildman–Crippen LogP) is 4.56. The number of nitrogens with zero attached hydrogens (tertiary/aromatic N) is 1. The van der Waals surface area contributed by atoms with E-state index < -0.39 is 5.76 Å². The van der Waals surface area contributed by atoms with E-state index in [0.29, 0.717) is 21.7 Å². The highest BCUT2D eigenvalue weighted by Gasteiger charge is 2.15. The minimum atomic E-state index is -0.453. The number of benzene rings is 2. The van der Waals surface area contributed by atoms with Gasteiger partial charge in [-0.1, -0.05) is 12.1 Å². The van der Waals surface area contributed by atoms with Crippen LogP contribution in [0.4, 0.5) is 10.1 Å². The quantitative estimate of drug-likeness (QED) is 0.565. The van der Waals surface area contributed by atoms with Gasteiger partial charge in [-0.2, -0.15) is 0 Å². The Labute approximate surface area is 157 Å². The molecule has 0 spiro atoms. The monoisotopic (exact) mass is 382 g/mol. The molecule has 0 radical (unpaired) electrons. The molecule has 4 rings (SSSR count). The van der Waals surface area contributed by atoms with Gasteiger partial charge in [-0.05, 0) is 48.4 Å². The molecular weight excluding hydrogens is 367 g/mol. The highest BCUT2D eigenvalue weighted by Crippen LogP contribution is 2.33. The van der Waals surface area contributed by atoms with Crippen molar-refractivity contribution in [3.05, 3.63) is 75.3 Å². The average Bonchev–Trinajstić information content (AvgIpc) is 3.16. The molecule has 0 aliphatic heterocycles. The molecule has 0 aliphatic rings. The molecule has 0 unspecified atom stereocenters. The minimum Gasteiger partial charge on any atom is -0.408 e. The van der Waals surface area contributed by atoms with E-state index in [4.69, 9.17) is 4.42 Å². The maximum atomic E-state index is 13.1. The Morgan fingerprint density at radius 3 is 2.63 bits per heavy atom. The number of thiophene rings is 1. The summed E-state index contributed by atoms with van der Waals surface area (Å²) in [6, 6.07) is 13.1. The number of hydrogen-bond donors (Lipinski definition) is 1. The molecule has 0 saturated heterocycles. The number of rotatable bonds is 3. The Hall–Kier alpha value is -3.19. The number of nitrogens with one attached hydrogen (secondary N) is 1. The van der Waals surface area contributed by atoms with Gasteiger partial charge in [0.1, 0.15) is 5.82 Å². The van der Waals surface area contributed by atoms with E-state index in [2.05, 4.69) is 5.32 Å². The number of aryl methyl sites for hydroxylation is 2. The third-order valence-electron chi connectivity index (χ3n) is 4.30. The molecule has 0 bridgehead atoms. The van der Waals surface area contributed by atoms with Gasteiger partial charge in [0.2, 0.25) is 0 Å². The number of carbonyl (C=O) groups is 1. The van der Waals surface area contributed by atoms with Crippen molar-refractivity contribution in [1.82, 2.24) is 4.57 Å². The molecule has 27 heavy (non-hydrogen) atoms. The third kappa shape index (κ3) is 3.17. The lowest BCUT2D eigenvalue weighted by molar-refractivity contribution is 0.103. The summed E-state index contributed by atoms with van der Waals surface area (Å²) < 4.78 is 19.7. The Morgan fingerprint density at radius 2 is 1.89 bits per heavy atom. The van der Waals surface area contributed by atoms with E-state index in [9.17, 15) is 14.0 Å². The van der Waals surface area contributed by atoms with Crippen LogP contribution in [0.3, 0.4) is 0 Å². The van der Waals surface area contributed by atoms with E-state index in [1.807, 2.05) is 6.92 Å². The largest absolute Gasteiger partial charge is 0.419 e. The molecule has 0 aliphatic carbocycles. The van der Waals surface area contributed by atoms with Gasteiger partial charge in [-0.3, -0.25) is 9.36 Å². The highest BCUT2D eigenvalue weighted by atomic mass is 32.1. The van der Waals surface area contributed by atoms with E-state index in [1.165, 1.54) is 28.0 Å². The average molecular weight is 382 g/mol. The Bertz CT molecular complexity index is 1220. The molecule has 0 atom stereocenters. The van der Waals surface area contributed by atoms with Gasteiger partial charge >= 0.3 is 5.76 Å². The van der Waals surface area contributed by atoms with Crippen molar-refractivity contribution < 1.29 is 13.6 Å². The van der Waals surface area contributed by atoms with E-state index in [1.54, 1.807) is 43.4 Å². The van der Waals surface area contributed by atoms with Crippen LogP contribution in [0.1, 0.15) is 15.2 Å². The lowest BCUT2D eigenvalue weighted by atomic mass is 10.1. The number of aromatic nitrogens is 1. The number of hydrogen-bond acceptors (Lipinski definition) is 4. The van der Waals surface area contributed by atoms with Crippen LogP contribution >= 0.6 is 11.3 Å². The number of halogens is 1. The normalized spacial score (nSPS) is 11.1. The zero-order valence-corrected chi connectivity index (χ0v) is 15.4. The van der Waals surface area contributed by atoms with E-state index in [0.717, 1.165) is 16.0 Å². The molecule has 7 heteroatoms. The zero-order valence-electron chi connectivity index (χ0n) is 14.6. The van der Waals surface area contributed by atoms with Crippen LogP contribution in [-0.4, -0.2) is 10.5 Å². The first-order chi connectivity index (χ1) is 12.9. The summed E-state index contributed by atoms with van der Waals surface area (Å²) in [5.41, 5.74) is 3.42. The van der Waals surface area contributed by atoms with Crippen molar-refractivity contribution in [2.24, 2.45) is 7.05 Å². The third-order valence-corrected chi connectivity index (χ3v) is 5.58. The van der Waals surface area contributed by atoms with Crippen molar-refractivity contribution >= 4 is 34.0 Å². The second-order valence-electron chi connectivity index (χ2n) is 6.19. The minimum absolute atomic E-state index is 0.255. The van der Waals surface area contributed by atoms with Crippen molar-refractivity contribution in [3.8, 4) is 10.4 Å². The number of anilines is 1. The van der Waals surface area contributed by atoms with Gasteiger partial charge < -0.3 is 9.73 Å². The molecule has 0 saturated carbocycles.